The van der Waals surface area contributed by atoms with Gasteiger partial charge in [-0.05, 0) is 12.5 Å². The minimum atomic E-state index is 0.753. The lowest BCUT2D eigenvalue weighted by atomic mass is 10.1. The van der Waals surface area contributed by atoms with E-state index < -0.39 is 0 Å². The summed E-state index contributed by atoms with van der Waals surface area (Å²) in [7, 11) is 0. The van der Waals surface area contributed by atoms with E-state index >= 15 is 0 Å². The van der Waals surface area contributed by atoms with Gasteiger partial charge in [-0.2, -0.15) is 5.10 Å². The summed E-state index contributed by atoms with van der Waals surface area (Å²) in [5.74, 6) is 0. The summed E-state index contributed by atoms with van der Waals surface area (Å²) in [4.78, 5) is 5.97. The maximum Gasteiger partial charge on any atom is 0.123 e. The van der Waals surface area contributed by atoms with Crippen LogP contribution in [0.2, 0.25) is 0 Å². The fourth-order valence-corrected chi connectivity index (χ4v) is 3.72. The van der Waals surface area contributed by atoms with Crippen molar-refractivity contribution in [2.75, 3.05) is 0 Å². The van der Waals surface area contributed by atoms with E-state index in [0.29, 0.717) is 0 Å². The van der Waals surface area contributed by atoms with Crippen molar-refractivity contribution in [3.8, 4) is 21.7 Å². The molecule has 2 heterocycles. The largest absolute Gasteiger partial charge is 0.267 e. The first-order chi connectivity index (χ1) is 11.8. The van der Waals surface area contributed by atoms with E-state index in [1.54, 1.807) is 11.3 Å². The first-order valence-corrected chi connectivity index (χ1v) is 8.71. The third-order valence-electron chi connectivity index (χ3n) is 3.96. The molecule has 0 atom stereocenters. The highest BCUT2D eigenvalue weighted by atomic mass is 32.1. The zero-order chi connectivity index (χ0) is 16.4. The van der Waals surface area contributed by atoms with E-state index in [4.69, 9.17) is 4.98 Å². The smallest absolute Gasteiger partial charge is 0.123 e. The Morgan fingerprint density at radius 2 is 1.54 bits per heavy atom. The normalized spacial score (nSPS) is 10.9. The lowest BCUT2D eigenvalue weighted by Gasteiger charge is -1.99. The number of thiazole rings is 1. The highest BCUT2D eigenvalue weighted by molar-refractivity contribution is 7.15. The summed E-state index contributed by atoms with van der Waals surface area (Å²) in [6.07, 6.45) is 4.01. The first-order valence-electron chi connectivity index (χ1n) is 7.89. The predicted molar refractivity (Wildman–Crippen MR) is 99.1 cm³/mol. The first kappa shape index (κ1) is 14.8. The molecule has 0 radical (unpaired) electrons. The van der Waals surface area contributed by atoms with Crippen LogP contribution in [0.3, 0.4) is 0 Å². The number of rotatable bonds is 4. The summed E-state index contributed by atoms with van der Waals surface area (Å²) in [6.45, 7) is 2.82. The van der Waals surface area contributed by atoms with E-state index in [1.165, 1.54) is 16.0 Å². The van der Waals surface area contributed by atoms with E-state index in [1.807, 2.05) is 47.3 Å². The molecule has 0 spiro atoms. The van der Waals surface area contributed by atoms with Gasteiger partial charge in [0.1, 0.15) is 5.01 Å². The molecule has 4 heteroatoms. The van der Waals surface area contributed by atoms with E-state index in [-0.39, 0.29) is 0 Å². The molecule has 2 aromatic heterocycles. The molecule has 0 aliphatic carbocycles. The van der Waals surface area contributed by atoms with Gasteiger partial charge in [0.2, 0.25) is 0 Å². The van der Waals surface area contributed by atoms with E-state index in [9.17, 15) is 0 Å². The van der Waals surface area contributed by atoms with Crippen LogP contribution in [0.1, 0.15) is 10.6 Å². The minimum Gasteiger partial charge on any atom is -0.267 e. The SMILES string of the molecule is Cc1nc(-c2ccccc2)sc1Cn1cc(-c2ccccc2)cn1. The molecular formula is C20H17N3S. The van der Waals surface area contributed by atoms with Crippen molar-refractivity contribution >= 4 is 11.3 Å². The number of aromatic nitrogens is 3. The van der Waals surface area contributed by atoms with Gasteiger partial charge in [-0.25, -0.2) is 4.98 Å². The lowest BCUT2D eigenvalue weighted by Crippen LogP contribution is -1.99. The zero-order valence-corrected chi connectivity index (χ0v) is 14.2. The fraction of sp³-hybridized carbons (Fsp3) is 0.100. The molecule has 2 aromatic carbocycles. The molecule has 0 N–H and O–H groups in total. The lowest BCUT2D eigenvalue weighted by molar-refractivity contribution is 0.691. The van der Waals surface area contributed by atoms with Crippen molar-refractivity contribution in [1.29, 1.82) is 0 Å². The van der Waals surface area contributed by atoms with Gasteiger partial charge in [-0.1, -0.05) is 60.7 Å². The Morgan fingerprint density at radius 3 is 2.25 bits per heavy atom. The molecule has 0 unspecified atom stereocenters. The molecule has 4 rings (SSSR count). The Balaban J connectivity index is 1.58. The highest BCUT2D eigenvalue weighted by Gasteiger charge is 2.10. The number of benzene rings is 2. The van der Waals surface area contributed by atoms with Crippen LogP contribution in [0.4, 0.5) is 0 Å². The summed E-state index contributed by atoms with van der Waals surface area (Å²) in [5, 5.41) is 5.57. The Kier molecular flexibility index (Phi) is 3.97. The molecule has 0 aliphatic rings. The van der Waals surface area contributed by atoms with Crippen LogP contribution in [0, 0.1) is 6.92 Å². The molecule has 0 bridgehead atoms. The maximum absolute atomic E-state index is 4.72. The van der Waals surface area contributed by atoms with Gasteiger partial charge in [-0.3, -0.25) is 4.68 Å². The van der Waals surface area contributed by atoms with Crippen molar-refractivity contribution < 1.29 is 0 Å². The van der Waals surface area contributed by atoms with Gasteiger partial charge in [0.25, 0.3) is 0 Å². The molecule has 4 aromatic rings. The van der Waals surface area contributed by atoms with Crippen LogP contribution in [0.15, 0.2) is 73.1 Å². The predicted octanol–water partition coefficient (Wildman–Crippen LogP) is 5.03. The number of nitrogens with zero attached hydrogens (tertiary/aromatic N) is 3. The molecule has 118 valence electrons. The van der Waals surface area contributed by atoms with Gasteiger partial charge in [0.15, 0.2) is 0 Å². The summed E-state index contributed by atoms with van der Waals surface area (Å²) >= 11 is 1.74. The van der Waals surface area contributed by atoms with Crippen molar-refractivity contribution in [3.05, 3.63) is 83.6 Å². The Hall–Kier alpha value is -2.72. The van der Waals surface area contributed by atoms with E-state index in [0.717, 1.165) is 22.8 Å². The van der Waals surface area contributed by atoms with Crippen molar-refractivity contribution in [2.45, 2.75) is 13.5 Å². The molecule has 0 fully saturated rings. The minimum absolute atomic E-state index is 0.753. The number of hydrogen-bond acceptors (Lipinski definition) is 3. The standard InChI is InChI=1S/C20H17N3S/c1-15-19(24-20(22-15)17-10-6-3-7-11-17)14-23-13-18(12-21-23)16-8-4-2-5-9-16/h2-13H,14H2,1H3. The molecule has 24 heavy (non-hydrogen) atoms. The Bertz CT molecular complexity index is 939. The third kappa shape index (κ3) is 3.01. The van der Waals surface area contributed by atoms with Crippen molar-refractivity contribution in [3.63, 3.8) is 0 Å². The Labute approximate surface area is 145 Å². The van der Waals surface area contributed by atoms with Gasteiger partial charge >= 0.3 is 0 Å². The fourth-order valence-electron chi connectivity index (χ4n) is 2.66. The summed E-state index contributed by atoms with van der Waals surface area (Å²) in [6, 6.07) is 20.7. The van der Waals surface area contributed by atoms with Gasteiger partial charge in [0.05, 0.1) is 18.4 Å². The average molecular weight is 331 g/mol. The van der Waals surface area contributed by atoms with Gasteiger partial charge in [-0.15, -0.1) is 11.3 Å². The molecule has 0 aliphatic heterocycles. The van der Waals surface area contributed by atoms with Crippen molar-refractivity contribution in [1.82, 2.24) is 14.8 Å². The van der Waals surface area contributed by atoms with Gasteiger partial charge in [0, 0.05) is 22.2 Å². The Morgan fingerprint density at radius 1 is 0.875 bits per heavy atom. The molecule has 0 saturated heterocycles. The summed E-state index contributed by atoms with van der Waals surface area (Å²) in [5.41, 5.74) is 4.58. The maximum atomic E-state index is 4.72. The van der Waals surface area contributed by atoms with Crippen LogP contribution < -0.4 is 0 Å². The van der Waals surface area contributed by atoms with Crippen LogP contribution in [-0.4, -0.2) is 14.8 Å². The van der Waals surface area contributed by atoms with Crippen LogP contribution in [0.5, 0.6) is 0 Å². The molecule has 0 amide bonds. The quantitative estimate of drug-likeness (QED) is 0.525. The second kappa shape index (κ2) is 6.42. The number of hydrogen-bond donors (Lipinski definition) is 0. The van der Waals surface area contributed by atoms with Crippen LogP contribution >= 0.6 is 11.3 Å². The van der Waals surface area contributed by atoms with Crippen LogP contribution in [-0.2, 0) is 6.54 Å². The second-order valence-electron chi connectivity index (χ2n) is 5.69. The third-order valence-corrected chi connectivity index (χ3v) is 5.15. The second-order valence-corrected chi connectivity index (χ2v) is 6.77. The monoisotopic (exact) mass is 331 g/mol. The number of aryl methyl sites for hydroxylation is 1. The summed E-state index contributed by atoms with van der Waals surface area (Å²) < 4.78 is 1.98. The zero-order valence-electron chi connectivity index (χ0n) is 13.4. The highest BCUT2D eigenvalue weighted by Crippen LogP contribution is 2.28. The van der Waals surface area contributed by atoms with Crippen LogP contribution in [0.25, 0.3) is 21.7 Å². The van der Waals surface area contributed by atoms with Gasteiger partial charge < -0.3 is 0 Å². The molecule has 0 saturated carbocycles. The average Bonchev–Trinajstić information content (AvgIpc) is 3.24. The van der Waals surface area contributed by atoms with E-state index in [2.05, 4.69) is 42.5 Å². The van der Waals surface area contributed by atoms with Crippen molar-refractivity contribution in [2.24, 2.45) is 0 Å². The molecule has 3 nitrogen and oxygen atoms in total. The molecular weight excluding hydrogens is 314 g/mol. The topological polar surface area (TPSA) is 30.7 Å².